The lowest BCUT2D eigenvalue weighted by Gasteiger charge is -2.10. The molecule has 1 aromatic carbocycles. The normalized spacial score (nSPS) is 11.6. The van der Waals surface area contributed by atoms with E-state index in [1.54, 1.807) is 0 Å². The number of benzene rings is 1. The molecule has 16 heavy (non-hydrogen) atoms. The van der Waals surface area contributed by atoms with Crippen molar-refractivity contribution in [3.8, 4) is 0 Å². The third-order valence-corrected chi connectivity index (χ3v) is 2.14. The van der Waals surface area contributed by atoms with E-state index in [-0.39, 0.29) is 16.7 Å². The van der Waals surface area contributed by atoms with Crippen molar-refractivity contribution < 1.29 is 22.4 Å². The first kappa shape index (κ1) is 12.7. The van der Waals surface area contributed by atoms with Gasteiger partial charge in [-0.2, -0.15) is 13.2 Å². The van der Waals surface area contributed by atoms with Crippen LogP contribution in [0.3, 0.4) is 0 Å². The Hall–Kier alpha value is -1.39. The molecule has 0 fully saturated rings. The van der Waals surface area contributed by atoms with Crippen LogP contribution in [-0.2, 0) is 0 Å². The molecule has 1 aromatic rings. The lowest BCUT2D eigenvalue weighted by molar-refractivity contribution is -0.125. The van der Waals surface area contributed by atoms with Crippen molar-refractivity contribution in [3.63, 3.8) is 0 Å². The average Bonchev–Trinajstić information content (AvgIpc) is 1.96. The van der Waals surface area contributed by atoms with Gasteiger partial charge in [-0.1, -0.05) is 0 Å². The van der Waals surface area contributed by atoms with Gasteiger partial charge < -0.3 is 0 Å². The molecule has 0 unspecified atom stereocenters. The molecule has 0 amide bonds. The summed E-state index contributed by atoms with van der Waals surface area (Å²) in [5, 5.41) is 0. The zero-order valence-electron chi connectivity index (χ0n) is 8.78. The third kappa shape index (κ3) is 3.05. The predicted octanol–water partition coefficient (Wildman–Crippen LogP) is 3.58. The summed E-state index contributed by atoms with van der Waals surface area (Å²) in [6.45, 7) is 2.83. The maximum atomic E-state index is 12.9. The van der Waals surface area contributed by atoms with Crippen molar-refractivity contribution in [1.29, 1.82) is 0 Å². The molecule has 0 aliphatic heterocycles. The number of Topliss-reactive ketones (excluding diaryl/α,β-unsaturated/α-hetero) is 1. The number of carbonyl (C=O) groups is 1. The third-order valence-electron chi connectivity index (χ3n) is 2.14. The smallest absolute Gasteiger partial charge is 0.294 e. The largest absolute Gasteiger partial charge is 0.396 e. The van der Waals surface area contributed by atoms with Crippen molar-refractivity contribution >= 4 is 5.78 Å². The summed E-state index contributed by atoms with van der Waals surface area (Å²) in [5.41, 5.74) is 0.414. The summed E-state index contributed by atoms with van der Waals surface area (Å²) < 4.78 is 49.0. The maximum Gasteiger partial charge on any atom is 0.396 e. The fraction of sp³-hybridized carbons (Fsp3) is 0.364. The Morgan fingerprint density at radius 3 is 2.00 bits per heavy atom. The van der Waals surface area contributed by atoms with Crippen LogP contribution in [-0.4, -0.2) is 12.0 Å². The number of hydrogen-bond donors (Lipinski definition) is 0. The predicted molar refractivity (Wildman–Crippen MR) is 50.9 cm³/mol. The van der Waals surface area contributed by atoms with Crippen LogP contribution in [0.4, 0.5) is 17.6 Å². The van der Waals surface area contributed by atoms with Crippen LogP contribution < -0.4 is 0 Å². The van der Waals surface area contributed by atoms with Gasteiger partial charge in [-0.05, 0) is 37.1 Å². The van der Waals surface area contributed by atoms with Gasteiger partial charge in [-0.15, -0.1) is 0 Å². The second-order valence-electron chi connectivity index (χ2n) is 3.63. The molecular weight excluding hydrogens is 224 g/mol. The minimum Gasteiger partial charge on any atom is -0.294 e. The first-order valence-electron chi connectivity index (χ1n) is 4.57. The van der Waals surface area contributed by atoms with Crippen LogP contribution in [0.25, 0.3) is 0 Å². The van der Waals surface area contributed by atoms with Gasteiger partial charge in [0.2, 0.25) is 0 Å². The molecule has 0 atom stereocenters. The van der Waals surface area contributed by atoms with Crippen LogP contribution >= 0.6 is 0 Å². The highest BCUT2D eigenvalue weighted by atomic mass is 19.4. The molecular formula is C11H10F4O. The number of ketones is 1. The summed E-state index contributed by atoms with van der Waals surface area (Å²) >= 11 is 0. The van der Waals surface area contributed by atoms with Gasteiger partial charge in [0.05, 0.1) is 0 Å². The number of alkyl halides is 3. The summed E-state index contributed by atoms with van der Waals surface area (Å²) in [7, 11) is 0. The fourth-order valence-corrected chi connectivity index (χ4v) is 1.62. The van der Waals surface area contributed by atoms with Crippen molar-refractivity contribution in [3.05, 3.63) is 34.6 Å². The second kappa shape index (κ2) is 4.23. The molecule has 0 aliphatic rings. The van der Waals surface area contributed by atoms with E-state index < -0.39 is 24.2 Å². The molecule has 0 radical (unpaired) electrons. The Balaban J connectivity index is 3.10. The van der Waals surface area contributed by atoms with Gasteiger partial charge in [-0.3, -0.25) is 4.79 Å². The minimum absolute atomic E-state index is 0.0428. The highest BCUT2D eigenvalue weighted by Crippen LogP contribution is 2.25. The fourth-order valence-electron chi connectivity index (χ4n) is 1.62. The molecule has 88 valence electrons. The topological polar surface area (TPSA) is 17.1 Å². The van der Waals surface area contributed by atoms with Gasteiger partial charge >= 0.3 is 6.18 Å². The van der Waals surface area contributed by atoms with E-state index in [0.717, 1.165) is 12.1 Å². The molecule has 1 nitrogen and oxygen atoms in total. The zero-order valence-corrected chi connectivity index (χ0v) is 8.78. The van der Waals surface area contributed by atoms with Crippen LogP contribution in [0.15, 0.2) is 12.1 Å². The second-order valence-corrected chi connectivity index (χ2v) is 3.63. The van der Waals surface area contributed by atoms with Crippen molar-refractivity contribution in [2.45, 2.75) is 26.4 Å². The number of aryl methyl sites for hydroxylation is 2. The number of halogens is 4. The summed E-state index contributed by atoms with van der Waals surface area (Å²) in [6, 6.07) is 2.10. The van der Waals surface area contributed by atoms with E-state index in [0.29, 0.717) is 0 Å². The first-order chi connectivity index (χ1) is 7.20. The number of rotatable bonds is 2. The van der Waals surface area contributed by atoms with Gasteiger partial charge in [0, 0.05) is 5.56 Å². The molecule has 5 heteroatoms. The molecule has 0 saturated carbocycles. The summed E-state index contributed by atoms with van der Waals surface area (Å²) in [4.78, 5) is 11.4. The summed E-state index contributed by atoms with van der Waals surface area (Å²) in [6.07, 6.45) is -6.05. The van der Waals surface area contributed by atoms with E-state index in [1.807, 2.05) is 0 Å². The summed E-state index contributed by atoms with van der Waals surface area (Å²) in [5.74, 6) is -1.58. The Labute approximate surface area is 90.1 Å². The van der Waals surface area contributed by atoms with Gasteiger partial charge in [-0.25, -0.2) is 4.39 Å². The van der Waals surface area contributed by atoms with Gasteiger partial charge in [0.25, 0.3) is 0 Å². The Morgan fingerprint density at radius 2 is 1.62 bits per heavy atom. The lowest BCUT2D eigenvalue weighted by atomic mass is 9.97. The molecule has 1 rings (SSSR count). The molecule has 0 aliphatic carbocycles. The lowest BCUT2D eigenvalue weighted by Crippen LogP contribution is -2.17. The molecule has 0 saturated heterocycles. The molecule has 0 bridgehead atoms. The van der Waals surface area contributed by atoms with Crippen LogP contribution in [0.2, 0.25) is 0 Å². The van der Waals surface area contributed by atoms with E-state index in [4.69, 9.17) is 0 Å². The van der Waals surface area contributed by atoms with Crippen molar-refractivity contribution in [2.75, 3.05) is 0 Å². The first-order valence-corrected chi connectivity index (χ1v) is 4.57. The molecule has 0 N–H and O–H groups in total. The number of carbonyl (C=O) groups excluding carboxylic acids is 1. The quantitative estimate of drug-likeness (QED) is 0.564. The van der Waals surface area contributed by atoms with E-state index in [1.165, 1.54) is 13.8 Å². The van der Waals surface area contributed by atoms with E-state index in [2.05, 4.69) is 0 Å². The molecule has 0 aromatic heterocycles. The van der Waals surface area contributed by atoms with Crippen molar-refractivity contribution in [1.82, 2.24) is 0 Å². The Morgan fingerprint density at radius 1 is 1.19 bits per heavy atom. The average molecular weight is 234 g/mol. The molecule has 0 spiro atoms. The highest BCUT2D eigenvalue weighted by Gasteiger charge is 2.32. The highest BCUT2D eigenvalue weighted by molar-refractivity contribution is 5.99. The Kier molecular flexibility index (Phi) is 3.35. The van der Waals surface area contributed by atoms with Crippen LogP contribution in [0.5, 0.6) is 0 Å². The van der Waals surface area contributed by atoms with E-state index >= 15 is 0 Å². The van der Waals surface area contributed by atoms with E-state index in [9.17, 15) is 22.4 Å². The standard InChI is InChI=1S/C11H10F4O/c1-6-3-8(12)4-7(2)10(6)9(16)5-11(13,14)15/h3-4H,5H2,1-2H3. The van der Waals surface area contributed by atoms with Crippen molar-refractivity contribution in [2.24, 2.45) is 0 Å². The SMILES string of the molecule is Cc1cc(F)cc(C)c1C(=O)CC(F)(F)F. The Bertz CT molecular complexity index is 397. The van der Waals surface area contributed by atoms with Gasteiger partial charge in [0.15, 0.2) is 5.78 Å². The monoisotopic (exact) mass is 234 g/mol. The number of hydrogen-bond acceptors (Lipinski definition) is 1. The maximum absolute atomic E-state index is 12.9. The van der Waals surface area contributed by atoms with Crippen LogP contribution in [0, 0.1) is 19.7 Å². The van der Waals surface area contributed by atoms with Gasteiger partial charge in [0.1, 0.15) is 12.2 Å². The van der Waals surface area contributed by atoms with Crippen LogP contribution in [0.1, 0.15) is 27.9 Å². The zero-order chi connectivity index (χ0) is 12.5. The minimum atomic E-state index is -4.54. The molecule has 0 heterocycles.